The molecule has 0 aliphatic carbocycles. The Morgan fingerprint density at radius 2 is 2.00 bits per heavy atom. The molecule has 0 saturated carbocycles. The summed E-state index contributed by atoms with van der Waals surface area (Å²) < 4.78 is 11.4. The lowest BCUT2D eigenvalue weighted by Gasteiger charge is -2.34. The van der Waals surface area contributed by atoms with Crippen LogP contribution >= 0.6 is 0 Å². The third-order valence-corrected chi connectivity index (χ3v) is 3.82. The van der Waals surface area contributed by atoms with Crippen LogP contribution in [0.3, 0.4) is 0 Å². The van der Waals surface area contributed by atoms with Crippen LogP contribution in [0.25, 0.3) is 0 Å². The highest BCUT2D eigenvalue weighted by atomic mass is 16.5. The molecule has 4 heteroatoms. The molecular weight excluding hydrogens is 278 g/mol. The van der Waals surface area contributed by atoms with Crippen molar-refractivity contribution >= 4 is 5.78 Å². The standard InChI is InChI=1S/C18H27NO3/c1-5-8-21-18-7-6-16(9-13(18)2)17(20)12-19-10-14(3)22-15(4)11-19/h6-7,9,14-15H,5,8,10-12H2,1-4H3. The second kappa shape index (κ2) is 7.75. The summed E-state index contributed by atoms with van der Waals surface area (Å²) in [6.45, 7) is 11.0. The number of rotatable bonds is 6. The second-order valence-electron chi connectivity index (χ2n) is 6.20. The van der Waals surface area contributed by atoms with Crippen LogP contribution in [0, 0.1) is 6.92 Å². The Hall–Kier alpha value is -1.39. The van der Waals surface area contributed by atoms with Gasteiger partial charge in [0, 0.05) is 18.7 Å². The van der Waals surface area contributed by atoms with Gasteiger partial charge in [-0.3, -0.25) is 9.69 Å². The molecule has 22 heavy (non-hydrogen) atoms. The van der Waals surface area contributed by atoms with Crippen LogP contribution in [0.15, 0.2) is 18.2 Å². The number of aryl methyl sites for hydroxylation is 1. The molecule has 1 heterocycles. The van der Waals surface area contributed by atoms with Gasteiger partial charge in [-0.2, -0.15) is 0 Å². The summed E-state index contributed by atoms with van der Waals surface area (Å²) in [5, 5.41) is 0. The number of benzene rings is 1. The number of ether oxygens (including phenoxy) is 2. The lowest BCUT2D eigenvalue weighted by molar-refractivity contribution is -0.0652. The Balaban J connectivity index is 1.99. The maximum absolute atomic E-state index is 12.5. The summed E-state index contributed by atoms with van der Waals surface area (Å²) in [7, 11) is 0. The Bertz CT molecular complexity index is 505. The highest BCUT2D eigenvalue weighted by Crippen LogP contribution is 2.20. The van der Waals surface area contributed by atoms with Crippen LogP contribution in [0.1, 0.15) is 43.1 Å². The fourth-order valence-electron chi connectivity index (χ4n) is 2.90. The molecule has 0 spiro atoms. The predicted molar refractivity (Wildman–Crippen MR) is 87.7 cm³/mol. The van der Waals surface area contributed by atoms with Crippen LogP contribution in [0.5, 0.6) is 5.75 Å². The van der Waals surface area contributed by atoms with E-state index in [1.54, 1.807) is 0 Å². The minimum absolute atomic E-state index is 0.159. The van der Waals surface area contributed by atoms with Gasteiger partial charge in [0.1, 0.15) is 5.75 Å². The molecule has 0 bridgehead atoms. The number of hydrogen-bond acceptors (Lipinski definition) is 4. The van der Waals surface area contributed by atoms with Crippen LogP contribution in [-0.2, 0) is 4.74 Å². The summed E-state index contributed by atoms with van der Waals surface area (Å²) >= 11 is 0. The summed E-state index contributed by atoms with van der Waals surface area (Å²) in [4.78, 5) is 14.7. The third-order valence-electron chi connectivity index (χ3n) is 3.82. The molecule has 122 valence electrons. The Morgan fingerprint density at radius 3 is 2.59 bits per heavy atom. The van der Waals surface area contributed by atoms with Gasteiger partial charge in [-0.1, -0.05) is 6.92 Å². The van der Waals surface area contributed by atoms with E-state index in [9.17, 15) is 4.79 Å². The van der Waals surface area contributed by atoms with Crippen molar-refractivity contribution in [2.45, 2.75) is 46.3 Å². The van der Waals surface area contributed by atoms with Crippen molar-refractivity contribution in [2.75, 3.05) is 26.2 Å². The zero-order chi connectivity index (χ0) is 16.1. The van der Waals surface area contributed by atoms with E-state index in [2.05, 4.69) is 25.7 Å². The van der Waals surface area contributed by atoms with Gasteiger partial charge in [-0.25, -0.2) is 0 Å². The van der Waals surface area contributed by atoms with Crippen LogP contribution in [-0.4, -0.2) is 49.1 Å². The molecule has 0 radical (unpaired) electrons. The SMILES string of the molecule is CCCOc1ccc(C(=O)CN2CC(C)OC(C)C2)cc1C. The van der Waals surface area contributed by atoms with Crippen molar-refractivity contribution in [2.24, 2.45) is 0 Å². The van der Waals surface area contributed by atoms with Crippen LogP contribution < -0.4 is 4.74 Å². The number of nitrogens with zero attached hydrogens (tertiary/aromatic N) is 1. The van der Waals surface area contributed by atoms with E-state index in [1.165, 1.54) is 0 Å². The molecule has 0 amide bonds. The highest BCUT2D eigenvalue weighted by molar-refractivity contribution is 5.98. The molecule has 2 rings (SSSR count). The molecule has 0 N–H and O–H groups in total. The van der Waals surface area contributed by atoms with Crippen LogP contribution in [0.4, 0.5) is 0 Å². The zero-order valence-corrected chi connectivity index (χ0v) is 14.1. The maximum atomic E-state index is 12.5. The summed E-state index contributed by atoms with van der Waals surface area (Å²) in [5.41, 5.74) is 1.77. The number of hydrogen-bond donors (Lipinski definition) is 0. The number of carbonyl (C=O) groups is 1. The molecule has 1 aromatic carbocycles. The second-order valence-corrected chi connectivity index (χ2v) is 6.20. The van der Waals surface area contributed by atoms with Gasteiger partial charge in [0.15, 0.2) is 5.78 Å². The lowest BCUT2D eigenvalue weighted by atomic mass is 10.1. The van der Waals surface area contributed by atoms with Crippen molar-refractivity contribution < 1.29 is 14.3 Å². The Morgan fingerprint density at radius 1 is 1.32 bits per heavy atom. The fourth-order valence-corrected chi connectivity index (χ4v) is 2.90. The van der Waals surface area contributed by atoms with Gasteiger partial charge in [0.05, 0.1) is 25.4 Å². The molecule has 1 aliphatic heterocycles. The van der Waals surface area contributed by atoms with Crippen LogP contribution in [0.2, 0.25) is 0 Å². The van der Waals surface area contributed by atoms with Crippen molar-refractivity contribution in [1.82, 2.24) is 4.90 Å². The van der Waals surface area contributed by atoms with Crippen molar-refractivity contribution in [1.29, 1.82) is 0 Å². The summed E-state index contributed by atoms with van der Waals surface area (Å²) in [6, 6.07) is 5.71. The highest BCUT2D eigenvalue weighted by Gasteiger charge is 2.24. The number of carbonyl (C=O) groups excluding carboxylic acids is 1. The first-order valence-electron chi connectivity index (χ1n) is 8.14. The third kappa shape index (κ3) is 4.55. The number of morpholine rings is 1. The molecule has 2 atom stereocenters. The quantitative estimate of drug-likeness (QED) is 0.757. The van der Waals surface area contributed by atoms with Gasteiger partial charge >= 0.3 is 0 Å². The fraction of sp³-hybridized carbons (Fsp3) is 0.611. The molecule has 4 nitrogen and oxygen atoms in total. The topological polar surface area (TPSA) is 38.8 Å². The van der Waals surface area contributed by atoms with E-state index < -0.39 is 0 Å². The van der Waals surface area contributed by atoms with Gasteiger partial charge in [-0.15, -0.1) is 0 Å². The monoisotopic (exact) mass is 305 g/mol. The van der Waals surface area contributed by atoms with Crippen molar-refractivity contribution in [3.05, 3.63) is 29.3 Å². The Labute approximate surface area is 133 Å². The predicted octanol–water partition coefficient (Wildman–Crippen LogP) is 3.08. The lowest BCUT2D eigenvalue weighted by Crippen LogP contribution is -2.47. The van der Waals surface area contributed by atoms with Gasteiger partial charge in [-0.05, 0) is 51.0 Å². The molecule has 1 aliphatic rings. The summed E-state index contributed by atoms with van der Waals surface area (Å²) in [5.74, 6) is 1.03. The van der Waals surface area contributed by atoms with Gasteiger partial charge in [0.25, 0.3) is 0 Å². The minimum Gasteiger partial charge on any atom is -0.493 e. The molecule has 1 fully saturated rings. The first kappa shape index (κ1) is 17.0. The van der Waals surface area contributed by atoms with E-state index in [0.29, 0.717) is 13.2 Å². The molecule has 0 aromatic heterocycles. The van der Waals surface area contributed by atoms with Crippen molar-refractivity contribution in [3.8, 4) is 5.75 Å². The maximum Gasteiger partial charge on any atom is 0.176 e. The summed E-state index contributed by atoms with van der Waals surface area (Å²) in [6.07, 6.45) is 1.35. The number of ketones is 1. The zero-order valence-electron chi connectivity index (χ0n) is 14.1. The first-order valence-corrected chi connectivity index (χ1v) is 8.14. The van der Waals surface area contributed by atoms with E-state index >= 15 is 0 Å². The van der Waals surface area contributed by atoms with E-state index in [-0.39, 0.29) is 18.0 Å². The van der Waals surface area contributed by atoms with E-state index in [1.807, 2.05) is 25.1 Å². The molecule has 1 saturated heterocycles. The Kier molecular flexibility index (Phi) is 5.98. The normalized spacial score (nSPS) is 22.5. The van der Waals surface area contributed by atoms with Crippen molar-refractivity contribution in [3.63, 3.8) is 0 Å². The molecule has 1 aromatic rings. The molecular formula is C18H27NO3. The van der Waals surface area contributed by atoms with E-state index in [0.717, 1.165) is 36.4 Å². The average molecular weight is 305 g/mol. The van der Waals surface area contributed by atoms with E-state index in [4.69, 9.17) is 9.47 Å². The number of Topliss-reactive ketones (excluding diaryl/α,β-unsaturated/α-hetero) is 1. The first-order chi connectivity index (χ1) is 10.5. The van der Waals surface area contributed by atoms with Gasteiger partial charge in [0.2, 0.25) is 0 Å². The smallest absolute Gasteiger partial charge is 0.176 e. The molecule has 2 unspecified atom stereocenters. The largest absolute Gasteiger partial charge is 0.493 e. The average Bonchev–Trinajstić information content (AvgIpc) is 2.44. The van der Waals surface area contributed by atoms with Gasteiger partial charge < -0.3 is 9.47 Å². The minimum atomic E-state index is 0.159.